The highest BCUT2D eigenvalue weighted by molar-refractivity contribution is 5.85. The summed E-state index contributed by atoms with van der Waals surface area (Å²) in [7, 11) is 0. The summed E-state index contributed by atoms with van der Waals surface area (Å²) in [6.07, 6.45) is 2.91. The number of amides is 2. The molecule has 0 bridgehead atoms. The van der Waals surface area contributed by atoms with Crippen molar-refractivity contribution >= 4 is 22.7 Å². The van der Waals surface area contributed by atoms with E-state index in [1.807, 2.05) is 30.5 Å². The van der Waals surface area contributed by atoms with Gasteiger partial charge in [0.05, 0.1) is 5.52 Å². The van der Waals surface area contributed by atoms with Crippen molar-refractivity contribution in [2.45, 2.75) is 33.2 Å². The number of nitrogens with zero attached hydrogens (tertiary/aromatic N) is 2. The number of pyridine rings is 1. The van der Waals surface area contributed by atoms with Gasteiger partial charge in [-0.2, -0.15) is 0 Å². The number of hydrogen-bond donors (Lipinski definition) is 1. The van der Waals surface area contributed by atoms with Crippen LogP contribution >= 0.6 is 0 Å². The highest BCUT2D eigenvalue weighted by atomic mass is 16.2. The van der Waals surface area contributed by atoms with Crippen molar-refractivity contribution < 1.29 is 9.59 Å². The molecule has 2 aromatic rings. The van der Waals surface area contributed by atoms with Crippen LogP contribution in [0.25, 0.3) is 10.9 Å². The molecule has 0 atom stereocenters. The summed E-state index contributed by atoms with van der Waals surface area (Å²) in [5.41, 5.74) is 8.07. The lowest BCUT2D eigenvalue weighted by Gasteiger charge is -2.31. The molecule has 1 aliphatic heterocycles. The van der Waals surface area contributed by atoms with Crippen molar-refractivity contribution in [3.05, 3.63) is 45.7 Å². The minimum Gasteiger partial charge on any atom is -0.369 e. The third-order valence-corrected chi connectivity index (χ3v) is 4.98. The van der Waals surface area contributed by atoms with Gasteiger partial charge in [0.2, 0.25) is 11.8 Å². The molecule has 6 heteroatoms. The van der Waals surface area contributed by atoms with Crippen LogP contribution in [0.5, 0.6) is 0 Å². The Labute approximate surface area is 146 Å². The minimum atomic E-state index is -0.288. The molecule has 3 rings (SSSR count). The van der Waals surface area contributed by atoms with E-state index in [0.29, 0.717) is 31.3 Å². The number of primary amides is 1. The number of benzene rings is 1. The maximum Gasteiger partial charge on any atom is 0.242 e. The molecule has 0 unspecified atom stereocenters. The lowest BCUT2D eigenvalue weighted by Crippen LogP contribution is -2.43. The van der Waals surface area contributed by atoms with Gasteiger partial charge in [-0.25, -0.2) is 0 Å². The SMILES string of the molecule is Cc1cc(C)c2c(=O)ccn(CC(=O)N3CCC(C(N)=O)CC3)c2c1. The van der Waals surface area contributed by atoms with Gasteiger partial charge in [-0.1, -0.05) is 6.07 Å². The molecule has 1 aromatic carbocycles. The summed E-state index contributed by atoms with van der Waals surface area (Å²) >= 11 is 0. The van der Waals surface area contributed by atoms with Gasteiger partial charge in [0.15, 0.2) is 5.43 Å². The smallest absolute Gasteiger partial charge is 0.242 e. The monoisotopic (exact) mass is 341 g/mol. The van der Waals surface area contributed by atoms with E-state index in [2.05, 4.69) is 0 Å². The van der Waals surface area contributed by atoms with Crippen molar-refractivity contribution in [3.8, 4) is 0 Å². The number of carbonyl (C=O) groups excluding carboxylic acids is 2. The quantitative estimate of drug-likeness (QED) is 0.914. The third-order valence-electron chi connectivity index (χ3n) is 4.98. The van der Waals surface area contributed by atoms with Crippen molar-refractivity contribution in [2.24, 2.45) is 11.7 Å². The average Bonchev–Trinajstić information content (AvgIpc) is 2.56. The number of aromatic nitrogens is 1. The zero-order valence-electron chi connectivity index (χ0n) is 14.6. The van der Waals surface area contributed by atoms with E-state index in [9.17, 15) is 14.4 Å². The molecule has 6 nitrogen and oxygen atoms in total. The average molecular weight is 341 g/mol. The molecular formula is C19H23N3O3. The second kappa shape index (κ2) is 6.70. The first kappa shape index (κ1) is 17.2. The van der Waals surface area contributed by atoms with Crippen LogP contribution in [0.15, 0.2) is 29.2 Å². The summed E-state index contributed by atoms with van der Waals surface area (Å²) in [5, 5.41) is 0.660. The fraction of sp³-hybridized carbons (Fsp3) is 0.421. The van der Waals surface area contributed by atoms with Gasteiger partial charge >= 0.3 is 0 Å². The van der Waals surface area contributed by atoms with Crippen molar-refractivity contribution in [1.29, 1.82) is 0 Å². The largest absolute Gasteiger partial charge is 0.369 e. The molecule has 1 aromatic heterocycles. The van der Waals surface area contributed by atoms with Gasteiger partial charge in [0.25, 0.3) is 0 Å². The van der Waals surface area contributed by atoms with Crippen LogP contribution in [-0.2, 0) is 16.1 Å². The molecule has 132 valence electrons. The first-order valence-corrected chi connectivity index (χ1v) is 8.54. The predicted molar refractivity (Wildman–Crippen MR) is 96.2 cm³/mol. The number of rotatable bonds is 3. The Kier molecular flexibility index (Phi) is 4.61. The Bertz CT molecular complexity index is 893. The Balaban J connectivity index is 1.84. The highest BCUT2D eigenvalue weighted by Gasteiger charge is 2.26. The van der Waals surface area contributed by atoms with E-state index < -0.39 is 0 Å². The normalized spacial score (nSPS) is 15.5. The molecule has 0 spiro atoms. The van der Waals surface area contributed by atoms with E-state index >= 15 is 0 Å². The number of piperidine rings is 1. The number of hydrogen-bond acceptors (Lipinski definition) is 3. The zero-order valence-corrected chi connectivity index (χ0v) is 14.6. The third kappa shape index (κ3) is 3.43. The summed E-state index contributed by atoms with van der Waals surface area (Å²) in [4.78, 5) is 37.9. The minimum absolute atomic E-state index is 0.00738. The van der Waals surface area contributed by atoms with E-state index in [-0.39, 0.29) is 29.7 Å². The number of carbonyl (C=O) groups is 2. The second-order valence-electron chi connectivity index (χ2n) is 6.84. The summed E-state index contributed by atoms with van der Waals surface area (Å²) in [5.74, 6) is -0.431. The van der Waals surface area contributed by atoms with Crippen molar-refractivity contribution in [2.75, 3.05) is 13.1 Å². The molecule has 0 aliphatic carbocycles. The van der Waals surface area contributed by atoms with Crippen LogP contribution in [-0.4, -0.2) is 34.4 Å². The number of nitrogens with two attached hydrogens (primary N) is 1. The van der Waals surface area contributed by atoms with E-state index in [0.717, 1.165) is 16.6 Å². The van der Waals surface area contributed by atoms with E-state index in [1.165, 1.54) is 6.07 Å². The molecular weight excluding hydrogens is 318 g/mol. The number of aryl methyl sites for hydroxylation is 2. The van der Waals surface area contributed by atoms with Gasteiger partial charge in [-0.3, -0.25) is 14.4 Å². The molecule has 0 radical (unpaired) electrons. The van der Waals surface area contributed by atoms with Crippen LogP contribution < -0.4 is 11.2 Å². The van der Waals surface area contributed by atoms with Crippen LogP contribution in [0.4, 0.5) is 0 Å². The lowest BCUT2D eigenvalue weighted by atomic mass is 9.96. The molecule has 1 aliphatic rings. The van der Waals surface area contributed by atoms with Crippen LogP contribution in [0.2, 0.25) is 0 Å². The first-order valence-electron chi connectivity index (χ1n) is 8.54. The molecule has 2 N–H and O–H groups in total. The first-order chi connectivity index (χ1) is 11.9. The summed E-state index contributed by atoms with van der Waals surface area (Å²) in [6.45, 7) is 5.16. The Morgan fingerprint density at radius 1 is 1.20 bits per heavy atom. The molecule has 2 amide bonds. The standard InChI is InChI=1S/C19H23N3O3/c1-12-9-13(2)18-15(10-12)22(8-5-16(18)23)11-17(24)21-6-3-14(4-7-21)19(20)25/h5,8-10,14H,3-4,6-7,11H2,1-2H3,(H2,20,25). The van der Waals surface area contributed by atoms with Gasteiger partial charge in [0.1, 0.15) is 6.54 Å². The van der Waals surface area contributed by atoms with Gasteiger partial charge in [-0.15, -0.1) is 0 Å². The van der Waals surface area contributed by atoms with Crippen molar-refractivity contribution in [1.82, 2.24) is 9.47 Å². The number of likely N-dealkylation sites (tertiary alicyclic amines) is 1. The molecule has 2 heterocycles. The fourth-order valence-electron chi connectivity index (χ4n) is 3.61. The van der Waals surface area contributed by atoms with E-state index in [4.69, 9.17) is 5.73 Å². The van der Waals surface area contributed by atoms with Crippen LogP contribution in [0.1, 0.15) is 24.0 Å². The lowest BCUT2D eigenvalue weighted by molar-refractivity contribution is -0.135. The van der Waals surface area contributed by atoms with Gasteiger partial charge in [0, 0.05) is 36.7 Å². The van der Waals surface area contributed by atoms with Gasteiger partial charge < -0.3 is 15.2 Å². The second-order valence-corrected chi connectivity index (χ2v) is 6.84. The topological polar surface area (TPSA) is 85.4 Å². The Morgan fingerprint density at radius 3 is 2.52 bits per heavy atom. The predicted octanol–water partition coefficient (Wildman–Crippen LogP) is 1.34. The highest BCUT2D eigenvalue weighted by Crippen LogP contribution is 2.19. The van der Waals surface area contributed by atoms with Crippen molar-refractivity contribution in [3.63, 3.8) is 0 Å². The number of fused-ring (bicyclic) bond motifs is 1. The molecule has 1 fully saturated rings. The van der Waals surface area contributed by atoms with Gasteiger partial charge in [-0.05, 0) is 43.9 Å². The zero-order chi connectivity index (χ0) is 18.1. The summed E-state index contributed by atoms with van der Waals surface area (Å²) < 4.78 is 1.83. The van der Waals surface area contributed by atoms with E-state index in [1.54, 1.807) is 11.1 Å². The molecule has 1 saturated heterocycles. The maximum absolute atomic E-state index is 12.7. The Hall–Kier alpha value is -2.63. The Morgan fingerprint density at radius 2 is 1.88 bits per heavy atom. The molecule has 0 saturated carbocycles. The van der Waals surface area contributed by atoms with Crippen LogP contribution in [0, 0.1) is 19.8 Å². The maximum atomic E-state index is 12.7. The molecule has 25 heavy (non-hydrogen) atoms. The summed E-state index contributed by atoms with van der Waals surface area (Å²) in [6, 6.07) is 5.43. The fourth-order valence-corrected chi connectivity index (χ4v) is 3.61. The van der Waals surface area contributed by atoms with Crippen LogP contribution in [0.3, 0.4) is 0 Å².